The molecule has 0 amide bonds. The van der Waals surface area contributed by atoms with Crippen molar-refractivity contribution in [1.82, 2.24) is 0 Å². The summed E-state index contributed by atoms with van der Waals surface area (Å²) >= 11 is 0. The Labute approximate surface area is 114 Å². The highest BCUT2D eigenvalue weighted by atomic mass is 19.1. The van der Waals surface area contributed by atoms with Crippen molar-refractivity contribution < 1.29 is 14.1 Å². The molecule has 7 heteroatoms. The molecule has 0 fully saturated rings. The van der Waals surface area contributed by atoms with Gasteiger partial charge in [0.2, 0.25) is 0 Å². The van der Waals surface area contributed by atoms with Crippen LogP contribution in [0.15, 0.2) is 36.4 Å². The largest absolute Gasteiger partial charge is 0.494 e. The van der Waals surface area contributed by atoms with E-state index in [1.807, 2.05) is 0 Å². The number of nitrogen functional groups attached to an aromatic ring is 1. The Morgan fingerprint density at radius 2 is 1.95 bits per heavy atom. The number of nitro benzene ring substituents is 1. The number of halogens is 1. The summed E-state index contributed by atoms with van der Waals surface area (Å²) in [5, 5.41) is 13.6. The first-order valence-corrected chi connectivity index (χ1v) is 5.65. The smallest absolute Gasteiger partial charge is 0.271 e. The van der Waals surface area contributed by atoms with Crippen LogP contribution in [0.3, 0.4) is 0 Å². The van der Waals surface area contributed by atoms with Crippen LogP contribution < -0.4 is 15.8 Å². The molecule has 2 rings (SSSR count). The van der Waals surface area contributed by atoms with Gasteiger partial charge in [-0.2, -0.15) is 0 Å². The van der Waals surface area contributed by atoms with Crippen LogP contribution in [-0.2, 0) is 0 Å². The molecule has 0 saturated carbocycles. The Morgan fingerprint density at radius 1 is 1.25 bits per heavy atom. The van der Waals surface area contributed by atoms with Gasteiger partial charge in [0, 0.05) is 18.2 Å². The SMILES string of the molecule is COc1cc(F)ccc1Nc1ccc([N+](=O)[O-])cc1N. The van der Waals surface area contributed by atoms with Crippen LogP contribution in [-0.4, -0.2) is 12.0 Å². The van der Waals surface area contributed by atoms with E-state index >= 15 is 0 Å². The van der Waals surface area contributed by atoms with Gasteiger partial charge in [-0.3, -0.25) is 10.1 Å². The Bertz CT molecular complexity index is 661. The van der Waals surface area contributed by atoms with Crippen molar-refractivity contribution >= 4 is 22.7 Å². The number of anilines is 3. The zero-order valence-electron chi connectivity index (χ0n) is 10.6. The van der Waals surface area contributed by atoms with E-state index in [0.29, 0.717) is 17.1 Å². The number of hydrogen-bond acceptors (Lipinski definition) is 5. The lowest BCUT2D eigenvalue weighted by Crippen LogP contribution is -2.00. The number of rotatable bonds is 4. The lowest BCUT2D eigenvalue weighted by atomic mass is 10.2. The van der Waals surface area contributed by atoms with Crippen molar-refractivity contribution in [2.24, 2.45) is 0 Å². The number of nitrogens with one attached hydrogen (secondary N) is 1. The van der Waals surface area contributed by atoms with Crippen LogP contribution in [0.4, 0.5) is 27.1 Å². The summed E-state index contributed by atoms with van der Waals surface area (Å²) in [5.41, 5.74) is 6.84. The second-order valence-corrected chi connectivity index (χ2v) is 4.00. The van der Waals surface area contributed by atoms with E-state index in [-0.39, 0.29) is 11.4 Å². The first-order chi connectivity index (χ1) is 9.51. The highest BCUT2D eigenvalue weighted by Gasteiger charge is 2.11. The number of ether oxygens (including phenoxy) is 1. The maximum Gasteiger partial charge on any atom is 0.271 e. The summed E-state index contributed by atoms with van der Waals surface area (Å²) in [4.78, 5) is 10.1. The summed E-state index contributed by atoms with van der Waals surface area (Å²) in [7, 11) is 1.42. The van der Waals surface area contributed by atoms with Gasteiger partial charge in [-0.15, -0.1) is 0 Å². The van der Waals surface area contributed by atoms with Crippen molar-refractivity contribution in [2.75, 3.05) is 18.2 Å². The standard InChI is InChI=1S/C13H12FN3O3/c1-20-13-6-8(14)2-4-12(13)16-11-5-3-9(17(18)19)7-10(11)15/h2-7,16H,15H2,1H3. The van der Waals surface area contributed by atoms with Crippen molar-refractivity contribution in [2.45, 2.75) is 0 Å². The number of nitrogens with two attached hydrogens (primary N) is 1. The number of non-ortho nitro benzene ring substituents is 1. The molecule has 0 saturated heterocycles. The van der Waals surface area contributed by atoms with Gasteiger partial charge in [-0.05, 0) is 18.2 Å². The van der Waals surface area contributed by atoms with Crippen molar-refractivity contribution in [1.29, 1.82) is 0 Å². The molecule has 0 bridgehead atoms. The summed E-state index contributed by atoms with van der Waals surface area (Å²) < 4.78 is 18.1. The van der Waals surface area contributed by atoms with Gasteiger partial charge in [0.05, 0.1) is 29.1 Å². The van der Waals surface area contributed by atoms with E-state index < -0.39 is 10.7 Å². The molecular formula is C13H12FN3O3. The molecule has 0 spiro atoms. The average Bonchev–Trinajstić information content (AvgIpc) is 2.42. The van der Waals surface area contributed by atoms with Gasteiger partial charge in [0.15, 0.2) is 0 Å². The first-order valence-electron chi connectivity index (χ1n) is 5.65. The van der Waals surface area contributed by atoms with E-state index in [2.05, 4.69) is 5.32 Å². The second-order valence-electron chi connectivity index (χ2n) is 4.00. The third kappa shape index (κ3) is 2.77. The van der Waals surface area contributed by atoms with Crippen LogP contribution in [0, 0.1) is 15.9 Å². The maximum atomic E-state index is 13.1. The third-order valence-corrected chi connectivity index (χ3v) is 2.68. The van der Waals surface area contributed by atoms with Gasteiger partial charge in [0.25, 0.3) is 5.69 Å². The zero-order valence-corrected chi connectivity index (χ0v) is 10.6. The summed E-state index contributed by atoms with van der Waals surface area (Å²) in [6.07, 6.45) is 0. The lowest BCUT2D eigenvalue weighted by Gasteiger charge is -2.12. The van der Waals surface area contributed by atoms with Crippen molar-refractivity contribution in [3.63, 3.8) is 0 Å². The Balaban J connectivity index is 2.33. The minimum absolute atomic E-state index is 0.0980. The molecule has 6 nitrogen and oxygen atoms in total. The Hall–Kier alpha value is -2.83. The van der Waals surface area contributed by atoms with Gasteiger partial charge in [-0.1, -0.05) is 0 Å². The molecule has 0 aromatic heterocycles. The quantitative estimate of drug-likeness (QED) is 0.509. The number of methoxy groups -OCH3 is 1. The molecule has 0 aliphatic heterocycles. The number of benzene rings is 2. The second kappa shape index (κ2) is 5.43. The van der Waals surface area contributed by atoms with E-state index in [0.717, 1.165) is 0 Å². The highest BCUT2D eigenvalue weighted by Crippen LogP contribution is 2.32. The van der Waals surface area contributed by atoms with E-state index in [1.165, 1.54) is 43.5 Å². The molecule has 3 N–H and O–H groups in total. The Morgan fingerprint density at radius 3 is 2.55 bits per heavy atom. The highest BCUT2D eigenvalue weighted by molar-refractivity contribution is 5.76. The third-order valence-electron chi connectivity index (χ3n) is 2.68. The predicted molar refractivity (Wildman–Crippen MR) is 73.7 cm³/mol. The Kier molecular flexibility index (Phi) is 3.69. The van der Waals surface area contributed by atoms with Gasteiger partial charge in [0.1, 0.15) is 11.6 Å². The van der Waals surface area contributed by atoms with Crippen LogP contribution >= 0.6 is 0 Å². The van der Waals surface area contributed by atoms with Crippen LogP contribution in [0.1, 0.15) is 0 Å². The molecule has 104 valence electrons. The fraction of sp³-hybridized carbons (Fsp3) is 0.0769. The van der Waals surface area contributed by atoms with Gasteiger partial charge >= 0.3 is 0 Å². The molecule has 0 unspecified atom stereocenters. The molecule has 0 atom stereocenters. The number of nitro groups is 1. The summed E-state index contributed by atoms with van der Waals surface area (Å²) in [6, 6.07) is 8.05. The minimum atomic E-state index is -0.529. The van der Waals surface area contributed by atoms with Crippen LogP contribution in [0.2, 0.25) is 0 Å². The zero-order chi connectivity index (χ0) is 14.7. The normalized spacial score (nSPS) is 10.1. The van der Waals surface area contributed by atoms with Gasteiger partial charge < -0.3 is 15.8 Å². The number of nitrogens with zero attached hydrogens (tertiary/aromatic N) is 1. The van der Waals surface area contributed by atoms with E-state index in [1.54, 1.807) is 0 Å². The predicted octanol–water partition coefficient (Wildman–Crippen LogP) is 3.07. The van der Waals surface area contributed by atoms with Crippen LogP contribution in [0.5, 0.6) is 5.75 Å². The molecule has 2 aromatic rings. The topological polar surface area (TPSA) is 90.4 Å². The molecule has 0 aliphatic rings. The van der Waals surface area contributed by atoms with Crippen LogP contribution in [0.25, 0.3) is 0 Å². The fourth-order valence-corrected chi connectivity index (χ4v) is 1.69. The van der Waals surface area contributed by atoms with E-state index in [4.69, 9.17) is 10.5 Å². The molecule has 2 aromatic carbocycles. The van der Waals surface area contributed by atoms with E-state index in [9.17, 15) is 14.5 Å². The fourth-order valence-electron chi connectivity index (χ4n) is 1.69. The van der Waals surface area contributed by atoms with Crippen molar-refractivity contribution in [3.8, 4) is 5.75 Å². The molecular weight excluding hydrogens is 265 g/mol. The molecule has 0 radical (unpaired) electrons. The number of hydrogen-bond donors (Lipinski definition) is 2. The molecule has 0 aliphatic carbocycles. The molecule has 20 heavy (non-hydrogen) atoms. The maximum absolute atomic E-state index is 13.1. The monoisotopic (exact) mass is 277 g/mol. The minimum Gasteiger partial charge on any atom is -0.494 e. The average molecular weight is 277 g/mol. The summed E-state index contributed by atoms with van der Waals surface area (Å²) in [5.74, 6) is -0.119. The lowest BCUT2D eigenvalue weighted by molar-refractivity contribution is -0.384. The first kappa shape index (κ1) is 13.6. The molecule has 0 heterocycles. The van der Waals surface area contributed by atoms with Crippen molar-refractivity contribution in [3.05, 3.63) is 52.3 Å². The summed E-state index contributed by atoms with van der Waals surface area (Å²) in [6.45, 7) is 0. The van der Waals surface area contributed by atoms with Gasteiger partial charge in [-0.25, -0.2) is 4.39 Å².